The maximum atomic E-state index is 12.5. The van der Waals surface area contributed by atoms with Gasteiger partial charge in [-0.15, -0.1) is 11.3 Å². The van der Waals surface area contributed by atoms with Gasteiger partial charge in [0.2, 0.25) is 0 Å². The Labute approximate surface area is 174 Å². The third kappa shape index (κ3) is 5.67. The zero-order valence-electron chi connectivity index (χ0n) is 16.6. The van der Waals surface area contributed by atoms with E-state index in [2.05, 4.69) is 17.6 Å². The number of hydrogen-bond donors (Lipinski definition) is 2. The predicted octanol–water partition coefficient (Wildman–Crippen LogP) is 4.24. The van der Waals surface area contributed by atoms with Crippen molar-refractivity contribution in [1.29, 1.82) is 0 Å². The van der Waals surface area contributed by atoms with Crippen molar-refractivity contribution in [1.82, 2.24) is 5.32 Å². The molecule has 1 fully saturated rings. The number of carbonyl (C=O) groups is 3. The van der Waals surface area contributed by atoms with Crippen molar-refractivity contribution in [2.75, 3.05) is 5.32 Å². The van der Waals surface area contributed by atoms with Crippen molar-refractivity contribution in [3.05, 3.63) is 52.2 Å². The van der Waals surface area contributed by atoms with Gasteiger partial charge in [0.25, 0.3) is 11.8 Å². The number of hydrogen-bond acceptors (Lipinski definition) is 5. The van der Waals surface area contributed by atoms with E-state index in [9.17, 15) is 14.4 Å². The Morgan fingerprint density at radius 1 is 1.14 bits per heavy atom. The van der Waals surface area contributed by atoms with Crippen molar-refractivity contribution in [3.8, 4) is 0 Å². The summed E-state index contributed by atoms with van der Waals surface area (Å²) in [5.74, 6) is -0.685. The molecule has 2 amide bonds. The average Bonchev–Trinajstić information content (AvgIpc) is 3.25. The van der Waals surface area contributed by atoms with Gasteiger partial charge in [0.1, 0.15) is 0 Å². The quantitative estimate of drug-likeness (QED) is 0.693. The van der Waals surface area contributed by atoms with Gasteiger partial charge in [-0.3, -0.25) is 9.59 Å². The summed E-state index contributed by atoms with van der Waals surface area (Å²) >= 11 is 1.34. The number of anilines is 1. The maximum Gasteiger partial charge on any atom is 0.338 e. The maximum absolute atomic E-state index is 12.5. The monoisotopic (exact) mass is 414 g/mol. The number of rotatable bonds is 6. The Hall–Kier alpha value is -2.67. The summed E-state index contributed by atoms with van der Waals surface area (Å²) in [5, 5.41) is 7.59. The van der Waals surface area contributed by atoms with E-state index >= 15 is 0 Å². The zero-order chi connectivity index (χ0) is 20.8. The zero-order valence-corrected chi connectivity index (χ0v) is 17.5. The van der Waals surface area contributed by atoms with E-state index in [1.807, 2.05) is 5.38 Å². The number of carbonyl (C=O) groups excluding carboxylic acids is 3. The highest BCUT2D eigenvalue weighted by Gasteiger charge is 2.26. The molecular weight excluding hydrogens is 388 g/mol. The van der Waals surface area contributed by atoms with Gasteiger partial charge >= 0.3 is 5.97 Å². The number of thiophene rings is 1. The van der Waals surface area contributed by atoms with Crippen LogP contribution in [0.2, 0.25) is 0 Å². The molecule has 29 heavy (non-hydrogen) atoms. The average molecular weight is 415 g/mol. The van der Waals surface area contributed by atoms with Crippen LogP contribution in [0, 0.1) is 5.92 Å². The van der Waals surface area contributed by atoms with Gasteiger partial charge in [-0.25, -0.2) is 4.79 Å². The summed E-state index contributed by atoms with van der Waals surface area (Å²) in [6, 6.07) is 10.2. The van der Waals surface area contributed by atoms with Crippen LogP contribution in [0.5, 0.6) is 0 Å². The molecule has 0 spiro atoms. The smallest absolute Gasteiger partial charge is 0.338 e. The van der Waals surface area contributed by atoms with E-state index in [0.29, 0.717) is 16.5 Å². The van der Waals surface area contributed by atoms with Crippen LogP contribution in [0.15, 0.2) is 41.8 Å². The Balaban J connectivity index is 1.57. The molecule has 1 aliphatic carbocycles. The van der Waals surface area contributed by atoms with Crippen LogP contribution in [0.25, 0.3) is 0 Å². The van der Waals surface area contributed by atoms with Gasteiger partial charge in [-0.2, -0.15) is 0 Å². The normalized spacial score (nSPS) is 19.8. The van der Waals surface area contributed by atoms with E-state index in [0.717, 1.165) is 19.3 Å². The summed E-state index contributed by atoms with van der Waals surface area (Å²) < 4.78 is 5.35. The van der Waals surface area contributed by atoms with Crippen molar-refractivity contribution in [2.45, 2.75) is 51.7 Å². The minimum Gasteiger partial charge on any atom is -0.449 e. The molecule has 154 valence electrons. The molecule has 1 saturated carbocycles. The topological polar surface area (TPSA) is 84.5 Å². The van der Waals surface area contributed by atoms with E-state index in [1.54, 1.807) is 43.3 Å². The van der Waals surface area contributed by atoms with E-state index < -0.39 is 12.1 Å². The first-order valence-electron chi connectivity index (χ1n) is 9.90. The molecule has 1 aromatic heterocycles. The minimum atomic E-state index is -0.888. The summed E-state index contributed by atoms with van der Waals surface area (Å²) in [6.07, 6.45) is 3.47. The van der Waals surface area contributed by atoms with Crippen LogP contribution < -0.4 is 10.6 Å². The lowest BCUT2D eigenvalue weighted by Gasteiger charge is -2.30. The third-order valence-electron chi connectivity index (χ3n) is 5.19. The molecule has 2 N–H and O–H groups in total. The Morgan fingerprint density at radius 2 is 1.93 bits per heavy atom. The second-order valence-electron chi connectivity index (χ2n) is 7.44. The van der Waals surface area contributed by atoms with Gasteiger partial charge < -0.3 is 15.4 Å². The Morgan fingerprint density at radius 3 is 2.66 bits per heavy atom. The Kier molecular flexibility index (Phi) is 7.04. The number of ether oxygens (including phenoxy) is 1. The fourth-order valence-electron chi connectivity index (χ4n) is 3.44. The molecule has 1 heterocycles. The summed E-state index contributed by atoms with van der Waals surface area (Å²) in [7, 11) is 0. The minimum absolute atomic E-state index is 0.133. The first kappa shape index (κ1) is 21.0. The van der Waals surface area contributed by atoms with Crippen LogP contribution in [-0.2, 0) is 9.53 Å². The second-order valence-corrected chi connectivity index (χ2v) is 8.38. The number of esters is 1. The Bertz CT molecular complexity index is 865. The molecule has 0 unspecified atom stereocenters. The van der Waals surface area contributed by atoms with Gasteiger partial charge in [-0.05, 0) is 55.3 Å². The van der Waals surface area contributed by atoms with E-state index in [-0.39, 0.29) is 23.4 Å². The molecule has 6 nitrogen and oxygen atoms in total. The molecule has 3 rings (SSSR count). The summed E-state index contributed by atoms with van der Waals surface area (Å²) in [4.78, 5) is 37.6. The second kappa shape index (κ2) is 9.69. The largest absolute Gasteiger partial charge is 0.449 e. The molecule has 7 heteroatoms. The van der Waals surface area contributed by atoms with Crippen LogP contribution in [-0.4, -0.2) is 29.9 Å². The predicted molar refractivity (Wildman–Crippen MR) is 113 cm³/mol. The molecule has 0 radical (unpaired) electrons. The van der Waals surface area contributed by atoms with Crippen LogP contribution in [0.1, 0.15) is 59.6 Å². The number of nitrogens with one attached hydrogen (secondary N) is 2. The van der Waals surface area contributed by atoms with Crippen molar-refractivity contribution < 1.29 is 19.1 Å². The van der Waals surface area contributed by atoms with E-state index in [4.69, 9.17) is 4.74 Å². The molecule has 0 aliphatic heterocycles. The standard InChI is InChI=1S/C22H26N2O4S/c1-14-7-3-4-10-18(14)24-20(25)15(2)28-22(27)16-8-5-9-17(13-16)23-21(26)19-11-6-12-29-19/h5-6,8-9,11-15,18H,3-4,7,10H2,1-2H3,(H,23,26)(H,24,25)/t14-,15-,18-/m1/s1. The third-order valence-corrected chi connectivity index (χ3v) is 6.06. The fourth-order valence-corrected chi connectivity index (χ4v) is 4.06. The van der Waals surface area contributed by atoms with E-state index in [1.165, 1.54) is 17.8 Å². The fraction of sp³-hybridized carbons (Fsp3) is 0.409. The first-order valence-corrected chi connectivity index (χ1v) is 10.8. The molecule has 1 aromatic carbocycles. The lowest BCUT2D eigenvalue weighted by molar-refractivity contribution is -0.130. The molecule has 1 aliphatic rings. The van der Waals surface area contributed by atoms with Crippen LogP contribution >= 0.6 is 11.3 Å². The molecule has 3 atom stereocenters. The first-order chi connectivity index (χ1) is 13.9. The van der Waals surface area contributed by atoms with Crippen LogP contribution in [0.3, 0.4) is 0 Å². The van der Waals surface area contributed by atoms with Crippen molar-refractivity contribution >= 4 is 34.8 Å². The lowest BCUT2D eigenvalue weighted by atomic mass is 9.86. The number of benzene rings is 1. The lowest BCUT2D eigenvalue weighted by Crippen LogP contribution is -2.45. The highest BCUT2D eigenvalue weighted by molar-refractivity contribution is 7.12. The molecule has 2 aromatic rings. The molecule has 0 bridgehead atoms. The van der Waals surface area contributed by atoms with Gasteiger partial charge in [0.05, 0.1) is 10.4 Å². The van der Waals surface area contributed by atoms with Crippen molar-refractivity contribution in [2.24, 2.45) is 5.92 Å². The van der Waals surface area contributed by atoms with Crippen LogP contribution in [0.4, 0.5) is 5.69 Å². The molecular formula is C22H26N2O4S. The highest BCUT2D eigenvalue weighted by atomic mass is 32.1. The number of amides is 2. The van der Waals surface area contributed by atoms with Gasteiger partial charge in [0.15, 0.2) is 6.10 Å². The van der Waals surface area contributed by atoms with Crippen molar-refractivity contribution in [3.63, 3.8) is 0 Å². The molecule has 0 saturated heterocycles. The SMILES string of the molecule is C[C@@H]1CCCC[C@H]1NC(=O)[C@@H](C)OC(=O)c1cccc(NC(=O)c2cccs2)c1. The van der Waals surface area contributed by atoms with Gasteiger partial charge in [0, 0.05) is 11.7 Å². The summed E-state index contributed by atoms with van der Waals surface area (Å²) in [5.41, 5.74) is 0.769. The van der Waals surface area contributed by atoms with Gasteiger partial charge in [-0.1, -0.05) is 31.9 Å². The highest BCUT2D eigenvalue weighted by Crippen LogP contribution is 2.24. The summed E-state index contributed by atoms with van der Waals surface area (Å²) in [6.45, 7) is 3.71.